The van der Waals surface area contributed by atoms with E-state index in [-0.39, 0.29) is 0 Å². The van der Waals surface area contributed by atoms with Crippen LogP contribution in [0, 0.1) is 11.8 Å². The van der Waals surface area contributed by atoms with E-state index >= 15 is 0 Å². The molecule has 0 saturated heterocycles. The van der Waals surface area contributed by atoms with Crippen LogP contribution in [-0.4, -0.2) is 26.0 Å². The molecule has 0 aromatic carbocycles. The van der Waals surface area contributed by atoms with Crippen LogP contribution in [0.4, 0.5) is 0 Å². The Morgan fingerprint density at radius 2 is 2.38 bits per heavy atom. The topological polar surface area (TPSA) is 46.3 Å². The predicted molar refractivity (Wildman–Crippen MR) is 61.0 cm³/mol. The van der Waals surface area contributed by atoms with Gasteiger partial charge in [-0.3, -0.25) is 0 Å². The van der Waals surface area contributed by atoms with Crippen molar-refractivity contribution in [2.45, 2.75) is 13.3 Å². The Morgan fingerprint density at radius 1 is 1.44 bits per heavy atom. The Bertz CT molecular complexity index is 439. The first kappa shape index (κ1) is 9.33. The number of aromatic nitrogens is 3. The van der Waals surface area contributed by atoms with Crippen molar-refractivity contribution in [2.75, 3.05) is 0 Å². The van der Waals surface area contributed by atoms with Crippen molar-refractivity contribution >= 4 is 12.4 Å². The van der Waals surface area contributed by atoms with Gasteiger partial charge >= 0.3 is 0 Å². The summed E-state index contributed by atoms with van der Waals surface area (Å²) in [5.41, 5.74) is 1.01. The Morgan fingerprint density at radius 3 is 3.19 bits per heavy atom. The molecule has 2 heterocycles. The molecule has 1 fully saturated rings. The molecule has 1 aromatic heterocycles. The first-order chi connectivity index (χ1) is 7.83. The molecule has 0 spiro atoms. The Kier molecular flexibility index (Phi) is 2.09. The Balaban J connectivity index is 1.80. The summed E-state index contributed by atoms with van der Waals surface area (Å²) in [6.07, 6.45) is 12.6. The summed E-state index contributed by atoms with van der Waals surface area (Å²) in [7, 11) is 0. The second-order valence-corrected chi connectivity index (χ2v) is 4.16. The second-order valence-electron chi connectivity index (χ2n) is 4.16. The van der Waals surface area contributed by atoms with Gasteiger partial charge in [0.25, 0.3) is 0 Å². The maximum absolute atomic E-state index is 4.42. The molecule has 3 rings (SSSR count). The normalized spacial score (nSPS) is 27.8. The number of hydrogen-bond acceptors (Lipinski definition) is 4. The maximum Gasteiger partial charge on any atom is 0.138 e. The molecule has 0 N–H and O–H groups in total. The van der Waals surface area contributed by atoms with Gasteiger partial charge in [-0.25, -0.2) is 14.7 Å². The predicted octanol–water partition coefficient (Wildman–Crippen LogP) is 1.55. The molecular formula is C11H13N5. The molecule has 5 nitrogen and oxygen atoms in total. The van der Waals surface area contributed by atoms with Crippen LogP contribution < -0.4 is 0 Å². The van der Waals surface area contributed by atoms with Gasteiger partial charge in [-0.1, -0.05) is 6.08 Å². The summed E-state index contributed by atoms with van der Waals surface area (Å²) >= 11 is 0. The molecule has 0 bridgehead atoms. The number of nitrogens with zero attached hydrogens (tertiary/aromatic N) is 5. The zero-order valence-electron chi connectivity index (χ0n) is 9.06. The van der Waals surface area contributed by atoms with Crippen LogP contribution in [0.25, 0.3) is 6.20 Å². The highest BCUT2D eigenvalue weighted by atomic mass is 15.5. The molecule has 16 heavy (non-hydrogen) atoms. The first-order valence-corrected chi connectivity index (χ1v) is 5.37. The number of hydrogen-bond donors (Lipinski definition) is 0. The van der Waals surface area contributed by atoms with Crippen molar-refractivity contribution in [1.29, 1.82) is 0 Å². The standard InChI is InChI=1S/C11H13N5/c1-9(6-15-8-12-7-14-15)16-3-2-10-4-11(10)5-13-16/h2-3,5-8,10-11H,4H2,1H3. The number of hydrazone groups is 1. The zero-order valence-corrected chi connectivity index (χ0v) is 9.06. The van der Waals surface area contributed by atoms with E-state index < -0.39 is 0 Å². The van der Waals surface area contributed by atoms with E-state index in [1.807, 2.05) is 30.5 Å². The summed E-state index contributed by atoms with van der Waals surface area (Å²) in [5.74, 6) is 1.35. The third-order valence-electron chi connectivity index (χ3n) is 2.87. The summed E-state index contributed by atoms with van der Waals surface area (Å²) in [5, 5.41) is 10.3. The maximum atomic E-state index is 4.42. The van der Waals surface area contributed by atoms with Crippen LogP contribution in [0.2, 0.25) is 0 Å². The SMILES string of the molecule is CC(=Cn1cncn1)N1C=CC2CC2C=N1. The van der Waals surface area contributed by atoms with E-state index in [1.54, 1.807) is 11.0 Å². The Hall–Kier alpha value is -1.91. The van der Waals surface area contributed by atoms with Gasteiger partial charge in [-0.05, 0) is 19.3 Å². The smallest absolute Gasteiger partial charge is 0.138 e. The lowest BCUT2D eigenvalue weighted by atomic mass is 10.3. The van der Waals surface area contributed by atoms with Gasteiger partial charge in [0.05, 0.1) is 11.9 Å². The minimum Gasteiger partial charge on any atom is -0.245 e. The fourth-order valence-electron chi connectivity index (χ4n) is 1.76. The van der Waals surface area contributed by atoms with Gasteiger partial charge in [0.15, 0.2) is 0 Å². The highest BCUT2D eigenvalue weighted by molar-refractivity contribution is 5.66. The van der Waals surface area contributed by atoms with Crippen molar-refractivity contribution in [3.8, 4) is 0 Å². The molecular weight excluding hydrogens is 202 g/mol. The lowest BCUT2D eigenvalue weighted by molar-refractivity contribution is 0.501. The van der Waals surface area contributed by atoms with Crippen molar-refractivity contribution < 1.29 is 0 Å². The molecule has 0 amide bonds. The van der Waals surface area contributed by atoms with Gasteiger partial charge in [-0.2, -0.15) is 10.2 Å². The van der Waals surface area contributed by atoms with Gasteiger partial charge in [-0.15, -0.1) is 0 Å². The van der Waals surface area contributed by atoms with E-state index in [9.17, 15) is 0 Å². The molecule has 5 heteroatoms. The number of allylic oxidation sites excluding steroid dienone is 2. The molecule has 2 atom stereocenters. The highest BCUT2D eigenvalue weighted by Crippen LogP contribution is 2.39. The second kappa shape index (κ2) is 3.59. The molecule has 0 radical (unpaired) electrons. The highest BCUT2D eigenvalue weighted by Gasteiger charge is 2.34. The van der Waals surface area contributed by atoms with Crippen LogP contribution in [-0.2, 0) is 0 Å². The van der Waals surface area contributed by atoms with E-state index in [0.717, 1.165) is 5.70 Å². The van der Waals surface area contributed by atoms with Crippen LogP contribution in [0.3, 0.4) is 0 Å². The summed E-state index contributed by atoms with van der Waals surface area (Å²) < 4.78 is 1.67. The molecule has 2 unspecified atom stereocenters. The average molecular weight is 215 g/mol. The minimum absolute atomic E-state index is 0.653. The molecule has 1 saturated carbocycles. The van der Waals surface area contributed by atoms with Crippen molar-refractivity contribution in [3.05, 3.63) is 30.6 Å². The first-order valence-electron chi connectivity index (χ1n) is 5.37. The summed E-state index contributed by atoms with van der Waals surface area (Å²) in [4.78, 5) is 3.89. The minimum atomic E-state index is 0.653. The van der Waals surface area contributed by atoms with E-state index in [0.29, 0.717) is 11.8 Å². The van der Waals surface area contributed by atoms with Crippen LogP contribution in [0.5, 0.6) is 0 Å². The lowest BCUT2D eigenvalue weighted by Crippen LogP contribution is -2.08. The van der Waals surface area contributed by atoms with E-state index in [2.05, 4.69) is 21.3 Å². The van der Waals surface area contributed by atoms with Gasteiger partial charge in [0.2, 0.25) is 0 Å². The van der Waals surface area contributed by atoms with Crippen LogP contribution in [0.15, 0.2) is 35.7 Å². The quantitative estimate of drug-likeness (QED) is 0.752. The number of fused-ring (bicyclic) bond motifs is 1. The van der Waals surface area contributed by atoms with Crippen molar-refractivity contribution in [1.82, 2.24) is 19.8 Å². The fourth-order valence-corrected chi connectivity index (χ4v) is 1.76. The van der Waals surface area contributed by atoms with Gasteiger partial charge in [0.1, 0.15) is 12.7 Å². The molecule has 1 aromatic rings. The summed E-state index contributed by atoms with van der Waals surface area (Å²) in [6, 6.07) is 0. The zero-order chi connectivity index (χ0) is 11.0. The van der Waals surface area contributed by atoms with Crippen molar-refractivity contribution in [3.63, 3.8) is 0 Å². The third-order valence-corrected chi connectivity index (χ3v) is 2.87. The van der Waals surface area contributed by atoms with Crippen LogP contribution in [0.1, 0.15) is 13.3 Å². The van der Waals surface area contributed by atoms with Crippen LogP contribution >= 0.6 is 0 Å². The van der Waals surface area contributed by atoms with E-state index in [4.69, 9.17) is 0 Å². The van der Waals surface area contributed by atoms with Gasteiger partial charge < -0.3 is 0 Å². The third kappa shape index (κ3) is 1.76. The molecule has 2 aliphatic rings. The lowest BCUT2D eigenvalue weighted by Gasteiger charge is -2.13. The largest absolute Gasteiger partial charge is 0.245 e. The van der Waals surface area contributed by atoms with E-state index in [1.165, 1.54) is 12.7 Å². The molecule has 1 aliphatic carbocycles. The fraction of sp³-hybridized carbons (Fsp3) is 0.364. The number of rotatable bonds is 2. The average Bonchev–Trinajstić information content (AvgIpc) is 2.87. The van der Waals surface area contributed by atoms with Crippen molar-refractivity contribution in [2.24, 2.45) is 16.9 Å². The van der Waals surface area contributed by atoms with Gasteiger partial charge in [0, 0.05) is 18.3 Å². The molecule has 1 aliphatic heterocycles. The molecule has 82 valence electrons. The Labute approximate surface area is 93.8 Å². The summed E-state index contributed by atoms with van der Waals surface area (Å²) in [6.45, 7) is 2.00. The monoisotopic (exact) mass is 215 g/mol.